The molecule has 2 aliphatic rings. The maximum absolute atomic E-state index is 12.6. The topological polar surface area (TPSA) is 91.7 Å². The summed E-state index contributed by atoms with van der Waals surface area (Å²) in [6, 6.07) is 0.438. The number of carbonyl (C=O) groups is 1. The molecule has 2 atom stereocenters. The molecule has 122 valence electrons. The number of fused-ring (bicyclic) bond motifs is 1. The lowest BCUT2D eigenvalue weighted by atomic mass is 9.94. The minimum Gasteiger partial charge on any atom is -0.335 e. The van der Waals surface area contributed by atoms with Gasteiger partial charge in [-0.05, 0) is 31.2 Å². The molecule has 23 heavy (non-hydrogen) atoms. The van der Waals surface area contributed by atoms with E-state index in [9.17, 15) is 4.79 Å². The van der Waals surface area contributed by atoms with E-state index >= 15 is 0 Å². The number of aromatic amines is 1. The first-order valence-corrected chi connectivity index (χ1v) is 8.20. The molecule has 2 unspecified atom stereocenters. The molecule has 1 saturated heterocycles. The van der Waals surface area contributed by atoms with Crippen LogP contribution in [0.3, 0.4) is 0 Å². The molecule has 2 aromatic heterocycles. The van der Waals surface area contributed by atoms with Crippen molar-refractivity contribution in [3.05, 3.63) is 30.1 Å². The number of nitrogens with one attached hydrogen (secondary N) is 2. The molecule has 0 aromatic carbocycles. The molecule has 1 aliphatic carbocycles. The number of hydrogen-bond acceptors (Lipinski definition) is 4. The van der Waals surface area contributed by atoms with E-state index in [4.69, 9.17) is 0 Å². The van der Waals surface area contributed by atoms with E-state index in [1.807, 2.05) is 15.8 Å². The standard InChI is InChI=1S/C15H21N7O/c23-15(19-12-4-3-11-7-17-20-14(11)6-12)21-5-1-2-13(8-21)22-10-16-9-18-22/h7,9-10,12-13H,1-6,8H2,(H,17,20)(H,19,23). The Morgan fingerprint density at radius 2 is 2.35 bits per heavy atom. The fourth-order valence-corrected chi connectivity index (χ4v) is 3.56. The third-order valence-electron chi connectivity index (χ3n) is 4.84. The van der Waals surface area contributed by atoms with Crippen molar-refractivity contribution < 1.29 is 4.79 Å². The number of H-pyrrole nitrogens is 1. The summed E-state index contributed by atoms with van der Waals surface area (Å²) in [7, 11) is 0. The van der Waals surface area contributed by atoms with Crippen LogP contribution in [0.1, 0.15) is 36.6 Å². The van der Waals surface area contributed by atoms with Crippen molar-refractivity contribution in [2.24, 2.45) is 0 Å². The van der Waals surface area contributed by atoms with Crippen LogP contribution in [0, 0.1) is 0 Å². The molecular formula is C15H21N7O. The van der Waals surface area contributed by atoms with Crippen molar-refractivity contribution in [1.29, 1.82) is 0 Å². The molecule has 2 aromatic rings. The van der Waals surface area contributed by atoms with E-state index in [1.54, 1.807) is 12.7 Å². The number of aryl methyl sites for hydroxylation is 1. The lowest BCUT2D eigenvalue weighted by Crippen LogP contribution is -2.50. The Balaban J connectivity index is 1.36. The van der Waals surface area contributed by atoms with Crippen LogP contribution in [0.4, 0.5) is 4.79 Å². The van der Waals surface area contributed by atoms with Crippen molar-refractivity contribution in [3.63, 3.8) is 0 Å². The summed E-state index contributed by atoms with van der Waals surface area (Å²) in [5.41, 5.74) is 2.43. The van der Waals surface area contributed by atoms with Gasteiger partial charge in [0.2, 0.25) is 0 Å². The van der Waals surface area contributed by atoms with Gasteiger partial charge in [-0.15, -0.1) is 0 Å². The van der Waals surface area contributed by atoms with E-state index in [0.29, 0.717) is 6.54 Å². The Morgan fingerprint density at radius 1 is 1.39 bits per heavy atom. The zero-order chi connectivity index (χ0) is 15.6. The average molecular weight is 315 g/mol. The second kappa shape index (κ2) is 6.02. The number of carbonyl (C=O) groups excluding carboxylic acids is 1. The smallest absolute Gasteiger partial charge is 0.317 e. The molecule has 4 rings (SSSR count). The summed E-state index contributed by atoms with van der Waals surface area (Å²) in [5, 5.41) is 14.5. The van der Waals surface area contributed by atoms with Crippen LogP contribution >= 0.6 is 0 Å². The first-order chi connectivity index (χ1) is 11.3. The second-order valence-corrected chi connectivity index (χ2v) is 6.38. The summed E-state index contributed by atoms with van der Waals surface area (Å²) >= 11 is 0. The van der Waals surface area contributed by atoms with Crippen LogP contribution in [0.25, 0.3) is 0 Å². The van der Waals surface area contributed by atoms with Gasteiger partial charge in [-0.1, -0.05) is 0 Å². The highest BCUT2D eigenvalue weighted by Crippen LogP contribution is 2.22. The predicted molar refractivity (Wildman–Crippen MR) is 82.8 cm³/mol. The van der Waals surface area contributed by atoms with Gasteiger partial charge >= 0.3 is 6.03 Å². The zero-order valence-electron chi connectivity index (χ0n) is 13.0. The average Bonchev–Trinajstić information content (AvgIpc) is 3.26. The minimum atomic E-state index is 0.0304. The summed E-state index contributed by atoms with van der Waals surface area (Å²) in [6.45, 7) is 1.50. The molecular weight excluding hydrogens is 294 g/mol. The number of urea groups is 1. The SMILES string of the molecule is O=C(NC1CCc2cn[nH]c2C1)N1CCCC(n2cncn2)C1. The highest BCUT2D eigenvalue weighted by molar-refractivity contribution is 5.74. The molecule has 1 fully saturated rings. The van der Waals surface area contributed by atoms with Gasteiger partial charge in [0, 0.05) is 31.2 Å². The monoisotopic (exact) mass is 315 g/mol. The maximum atomic E-state index is 12.6. The summed E-state index contributed by atoms with van der Waals surface area (Å²) < 4.78 is 1.86. The van der Waals surface area contributed by atoms with E-state index < -0.39 is 0 Å². The molecule has 1 aliphatic heterocycles. The van der Waals surface area contributed by atoms with Gasteiger partial charge in [0.15, 0.2) is 0 Å². The molecule has 0 radical (unpaired) electrons. The fraction of sp³-hybridized carbons (Fsp3) is 0.600. The summed E-state index contributed by atoms with van der Waals surface area (Å²) in [6.07, 6.45) is 9.97. The fourth-order valence-electron chi connectivity index (χ4n) is 3.56. The summed E-state index contributed by atoms with van der Waals surface area (Å²) in [4.78, 5) is 18.5. The maximum Gasteiger partial charge on any atom is 0.317 e. The van der Waals surface area contributed by atoms with Crippen molar-refractivity contribution >= 4 is 6.03 Å². The van der Waals surface area contributed by atoms with Gasteiger partial charge in [0.1, 0.15) is 12.7 Å². The molecule has 0 saturated carbocycles. The Kier molecular flexibility index (Phi) is 3.72. The Morgan fingerprint density at radius 3 is 3.22 bits per heavy atom. The third-order valence-corrected chi connectivity index (χ3v) is 4.84. The minimum absolute atomic E-state index is 0.0304. The Hall–Kier alpha value is -2.38. The van der Waals surface area contributed by atoms with Gasteiger partial charge in [-0.3, -0.25) is 5.10 Å². The zero-order valence-corrected chi connectivity index (χ0v) is 13.0. The number of nitrogens with zero attached hydrogens (tertiary/aromatic N) is 5. The molecule has 2 amide bonds. The van der Waals surface area contributed by atoms with E-state index in [1.165, 1.54) is 5.56 Å². The van der Waals surface area contributed by atoms with E-state index in [2.05, 4.69) is 25.6 Å². The summed E-state index contributed by atoms with van der Waals surface area (Å²) in [5.74, 6) is 0. The first kappa shape index (κ1) is 14.2. The highest BCUT2D eigenvalue weighted by Gasteiger charge is 2.28. The molecule has 2 N–H and O–H groups in total. The van der Waals surface area contributed by atoms with Gasteiger partial charge in [-0.25, -0.2) is 14.5 Å². The first-order valence-electron chi connectivity index (χ1n) is 8.20. The largest absolute Gasteiger partial charge is 0.335 e. The van der Waals surface area contributed by atoms with Crippen molar-refractivity contribution in [1.82, 2.24) is 35.2 Å². The molecule has 8 heteroatoms. The number of amides is 2. The predicted octanol–water partition coefficient (Wildman–Crippen LogP) is 0.905. The number of likely N-dealkylation sites (tertiary alicyclic amines) is 1. The van der Waals surface area contributed by atoms with Crippen LogP contribution in [0.5, 0.6) is 0 Å². The van der Waals surface area contributed by atoms with Crippen molar-refractivity contribution in [3.8, 4) is 0 Å². The second-order valence-electron chi connectivity index (χ2n) is 6.38. The number of rotatable bonds is 2. The van der Waals surface area contributed by atoms with Crippen LogP contribution < -0.4 is 5.32 Å². The quantitative estimate of drug-likeness (QED) is 0.861. The normalized spacial score (nSPS) is 24.3. The highest BCUT2D eigenvalue weighted by atomic mass is 16.2. The van der Waals surface area contributed by atoms with Gasteiger partial charge in [-0.2, -0.15) is 10.2 Å². The lowest BCUT2D eigenvalue weighted by molar-refractivity contribution is 0.159. The molecule has 8 nitrogen and oxygen atoms in total. The lowest BCUT2D eigenvalue weighted by Gasteiger charge is -2.34. The van der Waals surface area contributed by atoms with Crippen molar-refractivity contribution in [2.75, 3.05) is 13.1 Å². The van der Waals surface area contributed by atoms with Crippen LogP contribution in [-0.4, -0.2) is 55.0 Å². The number of piperidine rings is 1. The van der Waals surface area contributed by atoms with Crippen molar-refractivity contribution in [2.45, 2.75) is 44.2 Å². The van der Waals surface area contributed by atoms with Gasteiger partial charge in [0.25, 0.3) is 0 Å². The van der Waals surface area contributed by atoms with E-state index in [-0.39, 0.29) is 18.1 Å². The van der Waals surface area contributed by atoms with E-state index in [0.717, 1.165) is 44.3 Å². The molecule has 0 spiro atoms. The molecule has 3 heterocycles. The Labute approximate surface area is 134 Å². The third kappa shape index (κ3) is 2.93. The van der Waals surface area contributed by atoms with Gasteiger partial charge in [0.05, 0.1) is 12.2 Å². The van der Waals surface area contributed by atoms with Crippen LogP contribution in [-0.2, 0) is 12.8 Å². The van der Waals surface area contributed by atoms with Crippen LogP contribution in [0.15, 0.2) is 18.9 Å². The Bertz CT molecular complexity index is 665. The van der Waals surface area contributed by atoms with Gasteiger partial charge < -0.3 is 10.2 Å². The van der Waals surface area contributed by atoms with Crippen LogP contribution in [0.2, 0.25) is 0 Å². The molecule has 0 bridgehead atoms. The number of hydrogen-bond donors (Lipinski definition) is 2. The number of aromatic nitrogens is 5.